The van der Waals surface area contributed by atoms with Crippen LogP contribution in [0.4, 0.5) is 0 Å². The highest BCUT2D eigenvalue weighted by Gasteiger charge is 2.29. The number of benzene rings is 2. The van der Waals surface area contributed by atoms with Gasteiger partial charge in [0.25, 0.3) is 5.91 Å². The number of carbonyl (C=O) groups is 2. The Balaban J connectivity index is 2.23. The molecule has 0 saturated carbocycles. The zero-order valence-corrected chi connectivity index (χ0v) is 20.1. The van der Waals surface area contributed by atoms with Crippen molar-refractivity contribution in [3.63, 3.8) is 0 Å². The standard InChI is InChI=1S/C26H36N2O4/c1-7-20(5)27-26(30)24(8-2)28(16-21-9-11-22(31-6)12-10-21)25(29)17-32-23-14-18(3)13-19(4)15-23/h9-15,20,24H,7-8,16-17H2,1-6H3,(H,27,30)/t20-,24+/m0/s1. The van der Waals surface area contributed by atoms with Crippen molar-refractivity contribution in [1.82, 2.24) is 10.2 Å². The summed E-state index contributed by atoms with van der Waals surface area (Å²) in [5.41, 5.74) is 3.06. The zero-order chi connectivity index (χ0) is 23.7. The van der Waals surface area contributed by atoms with Crippen molar-refractivity contribution < 1.29 is 19.1 Å². The number of aryl methyl sites for hydroxylation is 2. The predicted octanol–water partition coefficient (Wildman–Crippen LogP) is 4.41. The molecule has 0 saturated heterocycles. The van der Waals surface area contributed by atoms with E-state index in [2.05, 4.69) is 11.4 Å². The fourth-order valence-corrected chi connectivity index (χ4v) is 3.53. The van der Waals surface area contributed by atoms with Crippen molar-refractivity contribution in [2.75, 3.05) is 13.7 Å². The van der Waals surface area contributed by atoms with E-state index in [1.54, 1.807) is 12.0 Å². The Kier molecular flexibility index (Phi) is 9.57. The molecular weight excluding hydrogens is 404 g/mol. The lowest BCUT2D eigenvalue weighted by Gasteiger charge is -2.31. The third kappa shape index (κ3) is 7.29. The fourth-order valence-electron chi connectivity index (χ4n) is 3.53. The van der Waals surface area contributed by atoms with Gasteiger partial charge in [-0.15, -0.1) is 0 Å². The van der Waals surface area contributed by atoms with E-state index in [1.165, 1.54) is 0 Å². The highest BCUT2D eigenvalue weighted by Crippen LogP contribution is 2.19. The summed E-state index contributed by atoms with van der Waals surface area (Å²) in [6.07, 6.45) is 1.33. The molecule has 2 aromatic rings. The van der Waals surface area contributed by atoms with E-state index in [0.717, 1.165) is 28.9 Å². The van der Waals surface area contributed by atoms with Gasteiger partial charge in [0.1, 0.15) is 17.5 Å². The number of carbonyl (C=O) groups excluding carboxylic acids is 2. The number of methoxy groups -OCH3 is 1. The quantitative estimate of drug-likeness (QED) is 0.562. The first-order valence-corrected chi connectivity index (χ1v) is 11.2. The van der Waals surface area contributed by atoms with Crippen molar-refractivity contribution >= 4 is 11.8 Å². The molecule has 6 heteroatoms. The van der Waals surface area contributed by atoms with E-state index in [4.69, 9.17) is 9.47 Å². The Labute approximate surface area is 191 Å². The van der Waals surface area contributed by atoms with Gasteiger partial charge in [0.05, 0.1) is 7.11 Å². The monoisotopic (exact) mass is 440 g/mol. The Hall–Kier alpha value is -3.02. The molecule has 2 atom stereocenters. The van der Waals surface area contributed by atoms with E-state index in [1.807, 2.05) is 71.0 Å². The summed E-state index contributed by atoms with van der Waals surface area (Å²) in [6.45, 7) is 10.1. The maximum absolute atomic E-state index is 13.3. The van der Waals surface area contributed by atoms with Crippen LogP contribution in [-0.2, 0) is 16.1 Å². The van der Waals surface area contributed by atoms with Crippen LogP contribution in [0.5, 0.6) is 11.5 Å². The molecule has 2 amide bonds. The van der Waals surface area contributed by atoms with Gasteiger partial charge in [0.15, 0.2) is 6.61 Å². The zero-order valence-electron chi connectivity index (χ0n) is 20.1. The molecule has 0 aliphatic carbocycles. The van der Waals surface area contributed by atoms with Crippen LogP contribution in [0.25, 0.3) is 0 Å². The number of ether oxygens (including phenoxy) is 2. The normalized spacial score (nSPS) is 12.6. The Morgan fingerprint density at radius 2 is 1.59 bits per heavy atom. The lowest BCUT2D eigenvalue weighted by atomic mass is 10.1. The molecule has 0 unspecified atom stereocenters. The Morgan fingerprint density at radius 3 is 2.12 bits per heavy atom. The second kappa shape index (κ2) is 12.1. The van der Waals surface area contributed by atoms with E-state index in [0.29, 0.717) is 18.7 Å². The average Bonchev–Trinajstić information content (AvgIpc) is 2.77. The summed E-state index contributed by atoms with van der Waals surface area (Å²) < 4.78 is 11.0. The van der Waals surface area contributed by atoms with Crippen LogP contribution in [0.1, 0.15) is 50.3 Å². The average molecular weight is 441 g/mol. The van der Waals surface area contributed by atoms with Crippen molar-refractivity contribution in [3.8, 4) is 11.5 Å². The molecule has 0 fully saturated rings. The molecule has 174 valence electrons. The molecule has 2 aromatic carbocycles. The van der Waals surface area contributed by atoms with Gasteiger partial charge in [-0.1, -0.05) is 32.0 Å². The summed E-state index contributed by atoms with van der Waals surface area (Å²) in [7, 11) is 1.61. The number of nitrogens with zero attached hydrogens (tertiary/aromatic N) is 1. The molecule has 2 rings (SSSR count). The van der Waals surface area contributed by atoms with Gasteiger partial charge in [0.2, 0.25) is 5.91 Å². The molecule has 0 bridgehead atoms. The van der Waals surface area contributed by atoms with Crippen LogP contribution >= 0.6 is 0 Å². The SMILES string of the molecule is CC[C@H](C(=O)N[C@@H](C)CC)N(Cc1ccc(OC)cc1)C(=O)COc1cc(C)cc(C)c1. The minimum atomic E-state index is -0.582. The molecule has 0 aromatic heterocycles. The number of nitrogens with one attached hydrogen (secondary N) is 1. The first kappa shape index (κ1) is 25.2. The molecule has 0 aliphatic rings. The maximum atomic E-state index is 13.3. The summed E-state index contributed by atoms with van der Waals surface area (Å²) in [6, 6.07) is 12.8. The lowest BCUT2D eigenvalue weighted by Crippen LogP contribution is -2.51. The third-order valence-corrected chi connectivity index (χ3v) is 5.46. The van der Waals surface area contributed by atoms with Gasteiger partial charge in [0, 0.05) is 12.6 Å². The van der Waals surface area contributed by atoms with E-state index in [-0.39, 0.29) is 24.5 Å². The smallest absolute Gasteiger partial charge is 0.261 e. The summed E-state index contributed by atoms with van der Waals surface area (Å²) in [5.74, 6) is 1.02. The summed E-state index contributed by atoms with van der Waals surface area (Å²) >= 11 is 0. The van der Waals surface area contributed by atoms with Gasteiger partial charge >= 0.3 is 0 Å². The van der Waals surface area contributed by atoms with Crippen molar-refractivity contribution in [2.24, 2.45) is 0 Å². The van der Waals surface area contributed by atoms with Crippen LogP contribution in [0.2, 0.25) is 0 Å². The second-order valence-corrected chi connectivity index (χ2v) is 8.22. The van der Waals surface area contributed by atoms with Crippen molar-refractivity contribution in [3.05, 3.63) is 59.2 Å². The topological polar surface area (TPSA) is 67.9 Å². The Morgan fingerprint density at radius 1 is 0.969 bits per heavy atom. The number of hydrogen-bond acceptors (Lipinski definition) is 4. The first-order valence-electron chi connectivity index (χ1n) is 11.2. The van der Waals surface area contributed by atoms with Gasteiger partial charge in [-0.05, 0) is 74.6 Å². The van der Waals surface area contributed by atoms with Crippen molar-refractivity contribution in [1.29, 1.82) is 0 Å². The Bertz CT molecular complexity index is 875. The predicted molar refractivity (Wildman–Crippen MR) is 127 cm³/mol. The molecule has 0 radical (unpaired) electrons. The van der Waals surface area contributed by atoms with Gasteiger partial charge in [-0.25, -0.2) is 0 Å². The fraction of sp³-hybridized carbons (Fsp3) is 0.462. The minimum Gasteiger partial charge on any atom is -0.497 e. The highest BCUT2D eigenvalue weighted by molar-refractivity contribution is 5.88. The molecule has 0 spiro atoms. The molecule has 32 heavy (non-hydrogen) atoms. The molecule has 0 aliphatic heterocycles. The van der Waals surface area contributed by atoms with Crippen LogP contribution in [0.15, 0.2) is 42.5 Å². The van der Waals surface area contributed by atoms with Gasteiger partial charge < -0.3 is 19.7 Å². The largest absolute Gasteiger partial charge is 0.497 e. The molecule has 6 nitrogen and oxygen atoms in total. The summed E-state index contributed by atoms with van der Waals surface area (Å²) in [5, 5.41) is 3.02. The molecule has 1 N–H and O–H groups in total. The minimum absolute atomic E-state index is 0.0426. The van der Waals surface area contributed by atoms with E-state index < -0.39 is 6.04 Å². The molecular formula is C26H36N2O4. The molecule has 0 heterocycles. The van der Waals surface area contributed by atoms with Crippen LogP contribution in [0, 0.1) is 13.8 Å². The highest BCUT2D eigenvalue weighted by atomic mass is 16.5. The number of rotatable bonds is 11. The lowest BCUT2D eigenvalue weighted by molar-refractivity contribution is -0.143. The third-order valence-electron chi connectivity index (χ3n) is 5.46. The maximum Gasteiger partial charge on any atom is 0.261 e. The summed E-state index contributed by atoms with van der Waals surface area (Å²) in [4.78, 5) is 27.9. The number of amides is 2. The second-order valence-electron chi connectivity index (χ2n) is 8.22. The van der Waals surface area contributed by atoms with Crippen LogP contribution in [-0.4, -0.2) is 42.5 Å². The van der Waals surface area contributed by atoms with Gasteiger partial charge in [-0.3, -0.25) is 9.59 Å². The van der Waals surface area contributed by atoms with Crippen LogP contribution < -0.4 is 14.8 Å². The van der Waals surface area contributed by atoms with E-state index >= 15 is 0 Å². The van der Waals surface area contributed by atoms with E-state index in [9.17, 15) is 9.59 Å². The van der Waals surface area contributed by atoms with Crippen molar-refractivity contribution in [2.45, 2.75) is 66.1 Å². The first-order chi connectivity index (χ1) is 15.3. The van der Waals surface area contributed by atoms with Gasteiger partial charge in [-0.2, -0.15) is 0 Å². The number of hydrogen-bond donors (Lipinski definition) is 1. The van der Waals surface area contributed by atoms with Crippen LogP contribution in [0.3, 0.4) is 0 Å².